The zero-order chi connectivity index (χ0) is 18.4. The maximum atomic E-state index is 11.5. The van der Waals surface area contributed by atoms with Crippen molar-refractivity contribution in [3.8, 4) is 17.1 Å². The lowest BCUT2D eigenvalue weighted by Crippen LogP contribution is -2.11. The van der Waals surface area contributed by atoms with Crippen LogP contribution in [0.25, 0.3) is 11.3 Å². The molecule has 0 aliphatic heterocycles. The molecule has 0 saturated carbocycles. The topological polar surface area (TPSA) is 60.7 Å². The van der Waals surface area contributed by atoms with Gasteiger partial charge in [-0.25, -0.2) is 4.79 Å². The van der Waals surface area contributed by atoms with Crippen LogP contribution in [0.3, 0.4) is 0 Å². The summed E-state index contributed by atoms with van der Waals surface area (Å²) >= 11 is 0. The Labute approximate surface area is 152 Å². The fourth-order valence-electron chi connectivity index (χ4n) is 2.59. The molecule has 0 atom stereocenters. The Morgan fingerprint density at radius 2 is 1.65 bits per heavy atom. The first-order valence-electron chi connectivity index (χ1n) is 8.30. The van der Waals surface area contributed by atoms with Crippen molar-refractivity contribution in [1.29, 1.82) is 0 Å². The predicted molar refractivity (Wildman–Crippen MR) is 99.0 cm³/mol. The molecule has 0 aliphatic carbocycles. The number of methoxy groups -OCH3 is 2. The van der Waals surface area contributed by atoms with Crippen LogP contribution in [-0.4, -0.2) is 20.2 Å². The molecule has 1 heterocycles. The predicted octanol–water partition coefficient (Wildman–Crippen LogP) is 4.03. The van der Waals surface area contributed by atoms with Gasteiger partial charge < -0.3 is 19.2 Å². The summed E-state index contributed by atoms with van der Waals surface area (Å²) in [6.07, 6.45) is 0. The van der Waals surface area contributed by atoms with E-state index in [-0.39, 0.29) is 5.97 Å². The summed E-state index contributed by atoms with van der Waals surface area (Å²) in [5.74, 6) is 2.12. The molecule has 134 valence electrons. The van der Waals surface area contributed by atoms with Gasteiger partial charge in [-0.2, -0.15) is 0 Å². The molecule has 26 heavy (non-hydrogen) atoms. The first-order chi connectivity index (χ1) is 12.7. The van der Waals surface area contributed by atoms with E-state index in [1.165, 1.54) is 12.7 Å². The normalized spacial score (nSPS) is 10.5. The molecule has 3 aromatic rings. The van der Waals surface area contributed by atoms with Gasteiger partial charge in [0.05, 0.1) is 26.3 Å². The molecule has 1 aromatic heterocycles. The van der Waals surface area contributed by atoms with Gasteiger partial charge in [-0.05, 0) is 42.0 Å². The molecule has 3 rings (SSSR count). The number of hydrogen-bond donors (Lipinski definition) is 1. The Balaban J connectivity index is 1.56. The SMILES string of the molecule is COC(=O)c1ccc(-c2ccc(CNCc3ccc(OC)cc3)o2)cc1. The molecule has 0 fully saturated rings. The maximum Gasteiger partial charge on any atom is 0.337 e. The van der Waals surface area contributed by atoms with E-state index in [2.05, 4.69) is 5.32 Å². The van der Waals surface area contributed by atoms with Gasteiger partial charge in [0.2, 0.25) is 0 Å². The number of esters is 1. The molecule has 0 radical (unpaired) electrons. The summed E-state index contributed by atoms with van der Waals surface area (Å²) < 4.78 is 15.7. The molecule has 0 saturated heterocycles. The molecule has 0 aliphatic rings. The van der Waals surface area contributed by atoms with Crippen LogP contribution in [0, 0.1) is 0 Å². The van der Waals surface area contributed by atoms with Crippen LogP contribution in [0.1, 0.15) is 21.7 Å². The van der Waals surface area contributed by atoms with Gasteiger partial charge in [0, 0.05) is 12.1 Å². The summed E-state index contributed by atoms with van der Waals surface area (Å²) in [5.41, 5.74) is 2.61. The van der Waals surface area contributed by atoms with Gasteiger partial charge in [0.1, 0.15) is 17.3 Å². The minimum atomic E-state index is -0.348. The van der Waals surface area contributed by atoms with Crippen LogP contribution in [0.5, 0.6) is 5.75 Å². The van der Waals surface area contributed by atoms with Crippen LogP contribution in [0.4, 0.5) is 0 Å². The van der Waals surface area contributed by atoms with E-state index in [1.54, 1.807) is 19.2 Å². The smallest absolute Gasteiger partial charge is 0.337 e. The van der Waals surface area contributed by atoms with Crippen molar-refractivity contribution in [3.05, 3.63) is 77.6 Å². The first-order valence-corrected chi connectivity index (χ1v) is 8.30. The highest BCUT2D eigenvalue weighted by Crippen LogP contribution is 2.23. The lowest BCUT2D eigenvalue weighted by Gasteiger charge is -2.05. The number of rotatable bonds is 7. The van der Waals surface area contributed by atoms with Crippen molar-refractivity contribution in [3.63, 3.8) is 0 Å². The summed E-state index contributed by atoms with van der Waals surface area (Å²) in [6.45, 7) is 1.38. The highest BCUT2D eigenvalue weighted by molar-refractivity contribution is 5.89. The Morgan fingerprint density at radius 3 is 2.31 bits per heavy atom. The summed E-state index contributed by atoms with van der Waals surface area (Å²) in [6, 6.07) is 19.0. The van der Waals surface area contributed by atoms with Gasteiger partial charge >= 0.3 is 5.97 Å². The average Bonchev–Trinajstić information content (AvgIpc) is 3.17. The van der Waals surface area contributed by atoms with E-state index in [1.807, 2.05) is 48.5 Å². The van der Waals surface area contributed by atoms with Gasteiger partial charge in [-0.3, -0.25) is 0 Å². The van der Waals surface area contributed by atoms with Crippen LogP contribution in [0.15, 0.2) is 65.1 Å². The zero-order valence-corrected chi connectivity index (χ0v) is 14.8. The minimum Gasteiger partial charge on any atom is -0.497 e. The summed E-state index contributed by atoms with van der Waals surface area (Å²) in [7, 11) is 3.03. The molecular formula is C21H21NO4. The first kappa shape index (κ1) is 17.8. The lowest BCUT2D eigenvalue weighted by molar-refractivity contribution is 0.0600. The molecule has 5 nitrogen and oxygen atoms in total. The van der Waals surface area contributed by atoms with Crippen molar-refractivity contribution in [1.82, 2.24) is 5.32 Å². The number of carbonyl (C=O) groups is 1. The summed E-state index contributed by atoms with van der Waals surface area (Å²) in [4.78, 5) is 11.5. The fourth-order valence-corrected chi connectivity index (χ4v) is 2.59. The largest absolute Gasteiger partial charge is 0.497 e. The molecule has 0 spiro atoms. The van der Waals surface area contributed by atoms with E-state index in [9.17, 15) is 4.79 Å². The molecule has 2 aromatic carbocycles. The molecule has 0 amide bonds. The number of ether oxygens (including phenoxy) is 2. The second-order valence-corrected chi connectivity index (χ2v) is 5.79. The number of benzene rings is 2. The zero-order valence-electron chi connectivity index (χ0n) is 14.8. The van der Waals surface area contributed by atoms with E-state index < -0.39 is 0 Å². The Hall–Kier alpha value is -3.05. The maximum absolute atomic E-state index is 11.5. The Bertz CT molecular complexity index is 850. The van der Waals surface area contributed by atoms with E-state index in [0.29, 0.717) is 12.1 Å². The third-order valence-corrected chi connectivity index (χ3v) is 4.04. The standard InChI is InChI=1S/C21H21NO4/c1-24-18-9-3-15(4-10-18)13-22-14-19-11-12-20(26-19)16-5-7-17(8-6-16)21(23)25-2/h3-12,22H,13-14H2,1-2H3. The van der Waals surface area contributed by atoms with Crippen LogP contribution in [0.2, 0.25) is 0 Å². The molecule has 1 N–H and O–H groups in total. The third-order valence-electron chi connectivity index (χ3n) is 4.04. The van der Waals surface area contributed by atoms with E-state index in [0.717, 1.165) is 29.4 Å². The molecular weight excluding hydrogens is 330 g/mol. The van der Waals surface area contributed by atoms with Gasteiger partial charge in [-0.1, -0.05) is 24.3 Å². The van der Waals surface area contributed by atoms with Crippen molar-refractivity contribution in [2.45, 2.75) is 13.1 Å². The Kier molecular flexibility index (Phi) is 5.71. The number of nitrogens with one attached hydrogen (secondary N) is 1. The molecule has 5 heteroatoms. The van der Waals surface area contributed by atoms with Gasteiger partial charge in [-0.15, -0.1) is 0 Å². The van der Waals surface area contributed by atoms with E-state index in [4.69, 9.17) is 13.9 Å². The fraction of sp³-hybridized carbons (Fsp3) is 0.190. The number of furan rings is 1. The van der Waals surface area contributed by atoms with Crippen molar-refractivity contribution >= 4 is 5.97 Å². The van der Waals surface area contributed by atoms with Gasteiger partial charge in [0.15, 0.2) is 0 Å². The highest BCUT2D eigenvalue weighted by Gasteiger charge is 2.08. The lowest BCUT2D eigenvalue weighted by atomic mass is 10.1. The monoisotopic (exact) mass is 351 g/mol. The average molecular weight is 351 g/mol. The number of hydrogen-bond acceptors (Lipinski definition) is 5. The molecule has 0 bridgehead atoms. The minimum absolute atomic E-state index is 0.348. The second kappa shape index (κ2) is 8.36. The highest BCUT2D eigenvalue weighted by atomic mass is 16.5. The van der Waals surface area contributed by atoms with Crippen LogP contribution < -0.4 is 10.1 Å². The molecule has 0 unspecified atom stereocenters. The second-order valence-electron chi connectivity index (χ2n) is 5.79. The van der Waals surface area contributed by atoms with Crippen LogP contribution >= 0.6 is 0 Å². The van der Waals surface area contributed by atoms with Crippen molar-refractivity contribution in [2.24, 2.45) is 0 Å². The van der Waals surface area contributed by atoms with Crippen molar-refractivity contribution in [2.75, 3.05) is 14.2 Å². The Morgan fingerprint density at radius 1 is 0.923 bits per heavy atom. The summed E-state index contributed by atoms with van der Waals surface area (Å²) in [5, 5.41) is 3.36. The quantitative estimate of drug-likeness (QED) is 0.651. The number of carbonyl (C=O) groups excluding carboxylic acids is 1. The van der Waals surface area contributed by atoms with E-state index >= 15 is 0 Å². The van der Waals surface area contributed by atoms with Gasteiger partial charge in [0.25, 0.3) is 0 Å². The van der Waals surface area contributed by atoms with Crippen molar-refractivity contribution < 1.29 is 18.7 Å². The van der Waals surface area contributed by atoms with Crippen LogP contribution in [-0.2, 0) is 17.8 Å². The third kappa shape index (κ3) is 4.32.